The third-order valence-electron chi connectivity index (χ3n) is 5.42. The van der Waals surface area contributed by atoms with Gasteiger partial charge in [0.05, 0.1) is 16.4 Å². The summed E-state index contributed by atoms with van der Waals surface area (Å²) >= 11 is 0. The van der Waals surface area contributed by atoms with E-state index in [-0.39, 0.29) is 5.56 Å². The topological polar surface area (TPSA) is 46.4 Å². The Morgan fingerprint density at radius 3 is 2.52 bits per heavy atom. The van der Waals surface area contributed by atoms with Crippen molar-refractivity contribution in [2.45, 2.75) is 0 Å². The Bertz CT molecular complexity index is 1500. The highest BCUT2D eigenvalue weighted by Gasteiger charge is 2.21. The lowest BCUT2D eigenvalue weighted by atomic mass is 10.0. The van der Waals surface area contributed by atoms with E-state index in [4.69, 9.17) is 4.98 Å². The number of nitrogens with one attached hydrogen (secondary N) is 1. The Balaban J connectivity index is 1.94. The molecule has 0 bridgehead atoms. The summed E-state index contributed by atoms with van der Waals surface area (Å²) in [6.45, 7) is 0.728. The first-order valence-electron chi connectivity index (χ1n) is 9.01. The molecule has 0 unspecified atom stereocenters. The zero-order valence-corrected chi connectivity index (χ0v) is 14.4. The highest BCUT2D eigenvalue weighted by Crippen LogP contribution is 2.29. The molecule has 27 heavy (non-hydrogen) atoms. The van der Waals surface area contributed by atoms with Crippen molar-refractivity contribution in [1.29, 1.82) is 0 Å². The quantitative estimate of drug-likeness (QED) is 0.466. The number of hydrogen-bond acceptors (Lipinski definition) is 3. The Morgan fingerprint density at radius 2 is 1.59 bits per heavy atom. The molecule has 4 heteroatoms. The second-order valence-corrected chi connectivity index (χ2v) is 6.86. The summed E-state index contributed by atoms with van der Waals surface area (Å²) < 4.78 is 1.76. The van der Waals surface area contributed by atoms with Gasteiger partial charge in [0.25, 0.3) is 5.56 Å². The maximum atomic E-state index is 13.3. The fraction of sp³-hybridized carbons (Fsp3) is 0.0435. The molecule has 0 saturated carbocycles. The molecule has 1 aliphatic rings. The van der Waals surface area contributed by atoms with Crippen molar-refractivity contribution in [1.82, 2.24) is 9.38 Å². The number of rotatable bonds is 0. The van der Waals surface area contributed by atoms with E-state index in [9.17, 15) is 4.79 Å². The standard InChI is InChI=1S/C23H15N3O/c27-23-15-8-2-5-11-19(15)25-22-21(16-9-3-6-12-20(16)26(22)23)17-13-24-18-10-4-1-7-14(17)18/h1-12,24H,13H2/b21-17-. The van der Waals surface area contributed by atoms with Crippen molar-refractivity contribution in [2.75, 3.05) is 11.9 Å². The molecule has 3 aromatic carbocycles. The lowest BCUT2D eigenvalue weighted by molar-refractivity contribution is 1.14. The normalized spacial score (nSPS) is 15.4. The lowest BCUT2D eigenvalue weighted by Crippen LogP contribution is -2.17. The molecule has 3 heterocycles. The molecule has 4 nitrogen and oxygen atoms in total. The predicted molar refractivity (Wildman–Crippen MR) is 109 cm³/mol. The van der Waals surface area contributed by atoms with E-state index in [2.05, 4.69) is 23.5 Å². The molecule has 0 aliphatic carbocycles. The van der Waals surface area contributed by atoms with Gasteiger partial charge in [0.2, 0.25) is 0 Å². The summed E-state index contributed by atoms with van der Waals surface area (Å²) in [6, 6.07) is 23.9. The van der Waals surface area contributed by atoms with Crippen LogP contribution in [0.1, 0.15) is 5.56 Å². The van der Waals surface area contributed by atoms with Crippen LogP contribution in [-0.4, -0.2) is 15.9 Å². The van der Waals surface area contributed by atoms with Gasteiger partial charge in [-0.15, -0.1) is 0 Å². The minimum absolute atomic E-state index is 0.0158. The van der Waals surface area contributed by atoms with Gasteiger partial charge < -0.3 is 5.32 Å². The van der Waals surface area contributed by atoms with Crippen LogP contribution in [0.5, 0.6) is 0 Å². The number of para-hydroxylation sites is 3. The summed E-state index contributed by atoms with van der Waals surface area (Å²) in [7, 11) is 0. The molecule has 1 aliphatic heterocycles. The maximum absolute atomic E-state index is 13.3. The second kappa shape index (κ2) is 5.17. The zero-order chi connectivity index (χ0) is 18.0. The van der Waals surface area contributed by atoms with E-state index in [0.29, 0.717) is 5.39 Å². The van der Waals surface area contributed by atoms with Gasteiger partial charge in [-0.05, 0) is 29.8 Å². The molecule has 0 fully saturated rings. The predicted octanol–water partition coefficient (Wildman–Crippen LogP) is 3.34. The molecule has 0 amide bonds. The van der Waals surface area contributed by atoms with Crippen molar-refractivity contribution in [3.63, 3.8) is 0 Å². The Kier molecular flexibility index (Phi) is 2.78. The summed E-state index contributed by atoms with van der Waals surface area (Å²) in [5.74, 6) is 0. The molecule has 2 aromatic heterocycles. The van der Waals surface area contributed by atoms with Gasteiger partial charge in [-0.3, -0.25) is 9.20 Å². The summed E-state index contributed by atoms with van der Waals surface area (Å²) in [4.78, 5) is 18.2. The van der Waals surface area contributed by atoms with Crippen molar-refractivity contribution in [3.05, 3.63) is 93.9 Å². The van der Waals surface area contributed by atoms with Crippen LogP contribution in [0.3, 0.4) is 0 Å². The average Bonchev–Trinajstić information content (AvgIpc) is 3.27. The fourth-order valence-corrected chi connectivity index (χ4v) is 4.22. The van der Waals surface area contributed by atoms with E-state index in [1.165, 1.54) is 11.1 Å². The molecule has 0 spiro atoms. The van der Waals surface area contributed by atoms with Crippen LogP contribution < -0.4 is 16.1 Å². The number of aromatic nitrogens is 2. The fourth-order valence-electron chi connectivity index (χ4n) is 4.22. The van der Waals surface area contributed by atoms with E-state index >= 15 is 0 Å². The van der Waals surface area contributed by atoms with Crippen LogP contribution in [0.15, 0.2) is 77.6 Å². The molecule has 128 valence electrons. The highest BCUT2D eigenvalue weighted by molar-refractivity contribution is 5.96. The first kappa shape index (κ1) is 14.5. The largest absolute Gasteiger partial charge is 0.380 e. The average molecular weight is 349 g/mol. The molecular formula is C23H15N3O. The van der Waals surface area contributed by atoms with Crippen molar-refractivity contribution in [2.24, 2.45) is 0 Å². The molecule has 6 rings (SSSR count). The first-order chi connectivity index (χ1) is 13.3. The van der Waals surface area contributed by atoms with Crippen LogP contribution in [0.2, 0.25) is 0 Å². The molecule has 1 N–H and O–H groups in total. The molecule has 0 atom stereocenters. The van der Waals surface area contributed by atoms with Gasteiger partial charge in [0.15, 0.2) is 0 Å². The SMILES string of the molecule is O=c1c2ccccc2nc2/c(=C3/CNc4ccccc43)c3ccccc3n12. The molecular weight excluding hydrogens is 334 g/mol. The van der Waals surface area contributed by atoms with Crippen molar-refractivity contribution in [3.8, 4) is 0 Å². The summed E-state index contributed by atoms with van der Waals surface area (Å²) in [6.07, 6.45) is 0. The summed E-state index contributed by atoms with van der Waals surface area (Å²) in [5.41, 5.74) is 5.84. The van der Waals surface area contributed by atoms with Crippen LogP contribution in [0.25, 0.3) is 33.0 Å². The smallest absolute Gasteiger partial charge is 0.266 e. The van der Waals surface area contributed by atoms with E-state index in [0.717, 1.165) is 39.5 Å². The highest BCUT2D eigenvalue weighted by atomic mass is 16.1. The van der Waals surface area contributed by atoms with Gasteiger partial charge in [0, 0.05) is 28.4 Å². The van der Waals surface area contributed by atoms with Gasteiger partial charge in [0.1, 0.15) is 5.65 Å². The monoisotopic (exact) mass is 349 g/mol. The van der Waals surface area contributed by atoms with Gasteiger partial charge >= 0.3 is 0 Å². The molecule has 0 saturated heterocycles. The second-order valence-electron chi connectivity index (χ2n) is 6.86. The minimum Gasteiger partial charge on any atom is -0.380 e. The van der Waals surface area contributed by atoms with Crippen molar-refractivity contribution >= 4 is 38.7 Å². The number of hydrogen-bond donors (Lipinski definition) is 1. The number of fused-ring (bicyclic) bond motifs is 5. The van der Waals surface area contributed by atoms with Crippen LogP contribution in [0, 0.1) is 0 Å². The number of anilines is 1. The van der Waals surface area contributed by atoms with E-state index < -0.39 is 0 Å². The number of benzene rings is 3. The van der Waals surface area contributed by atoms with E-state index in [1.54, 1.807) is 4.40 Å². The zero-order valence-electron chi connectivity index (χ0n) is 14.4. The van der Waals surface area contributed by atoms with E-state index in [1.807, 2.05) is 54.6 Å². The third-order valence-corrected chi connectivity index (χ3v) is 5.42. The first-order valence-corrected chi connectivity index (χ1v) is 9.01. The Labute approximate surface area is 154 Å². The van der Waals surface area contributed by atoms with Gasteiger partial charge in [-0.2, -0.15) is 0 Å². The van der Waals surface area contributed by atoms with Crippen LogP contribution in [0.4, 0.5) is 5.69 Å². The van der Waals surface area contributed by atoms with Gasteiger partial charge in [-0.1, -0.05) is 48.5 Å². The number of nitrogens with zero attached hydrogens (tertiary/aromatic N) is 2. The summed E-state index contributed by atoms with van der Waals surface area (Å²) in [5, 5.41) is 6.22. The van der Waals surface area contributed by atoms with Gasteiger partial charge in [-0.25, -0.2) is 4.98 Å². The Morgan fingerprint density at radius 1 is 0.852 bits per heavy atom. The lowest BCUT2D eigenvalue weighted by Gasteiger charge is -2.01. The third kappa shape index (κ3) is 1.87. The van der Waals surface area contributed by atoms with Crippen molar-refractivity contribution < 1.29 is 0 Å². The Hall–Kier alpha value is -3.66. The van der Waals surface area contributed by atoms with Crippen LogP contribution in [-0.2, 0) is 0 Å². The molecule has 5 aromatic rings. The molecule has 0 radical (unpaired) electrons. The van der Waals surface area contributed by atoms with Crippen LogP contribution >= 0.6 is 0 Å². The minimum atomic E-state index is -0.0158. The maximum Gasteiger partial charge on any atom is 0.266 e.